The van der Waals surface area contributed by atoms with Crippen molar-refractivity contribution in [2.45, 2.75) is 0 Å². The van der Waals surface area contributed by atoms with Crippen LogP contribution in [0.5, 0.6) is 0 Å². The Morgan fingerprint density at radius 3 is 2.30 bits per heavy atom. The first-order valence-corrected chi connectivity index (χ1v) is 6.64. The molecule has 2 nitrogen and oxygen atoms in total. The molecule has 96 valence electrons. The van der Waals surface area contributed by atoms with Gasteiger partial charge in [0.1, 0.15) is 11.2 Å². The van der Waals surface area contributed by atoms with E-state index in [-0.39, 0.29) is 0 Å². The minimum atomic E-state index is 0.909. The fourth-order valence-electron chi connectivity index (χ4n) is 2.56. The Balaban J connectivity index is 1.95. The van der Waals surface area contributed by atoms with Crippen LogP contribution in [0.15, 0.2) is 77.2 Å². The molecular formula is C18H13NO. The Morgan fingerprint density at radius 2 is 1.40 bits per heavy atom. The highest BCUT2D eigenvalue weighted by Gasteiger charge is 2.10. The molecule has 1 aromatic heterocycles. The van der Waals surface area contributed by atoms with Crippen LogP contribution in [0, 0.1) is 0 Å². The van der Waals surface area contributed by atoms with Crippen molar-refractivity contribution in [3.63, 3.8) is 0 Å². The maximum Gasteiger partial charge on any atom is 0.137 e. The van der Waals surface area contributed by atoms with Gasteiger partial charge in [-0.05, 0) is 30.3 Å². The average Bonchev–Trinajstić information content (AvgIpc) is 2.88. The molecule has 1 heterocycles. The fraction of sp³-hybridized carbons (Fsp3) is 0. The highest BCUT2D eigenvalue weighted by molar-refractivity contribution is 6.11. The lowest BCUT2D eigenvalue weighted by atomic mass is 10.1. The van der Waals surface area contributed by atoms with Crippen LogP contribution in [0.4, 0.5) is 11.4 Å². The number of hydrogen-bond donors (Lipinski definition) is 1. The summed E-state index contributed by atoms with van der Waals surface area (Å²) in [5, 5.41) is 5.74. The van der Waals surface area contributed by atoms with Crippen LogP contribution in [0.1, 0.15) is 0 Å². The molecule has 0 saturated carbocycles. The first-order chi connectivity index (χ1) is 9.92. The molecule has 0 fully saturated rings. The zero-order chi connectivity index (χ0) is 13.4. The summed E-state index contributed by atoms with van der Waals surface area (Å²) >= 11 is 0. The molecule has 4 aromatic rings. The predicted octanol–water partition coefficient (Wildman–Crippen LogP) is 5.33. The number of anilines is 2. The van der Waals surface area contributed by atoms with Gasteiger partial charge in [-0.1, -0.05) is 42.5 Å². The second-order valence-electron chi connectivity index (χ2n) is 4.77. The van der Waals surface area contributed by atoms with Crippen LogP contribution in [0.25, 0.3) is 21.9 Å². The normalized spacial score (nSPS) is 11.0. The van der Waals surface area contributed by atoms with Gasteiger partial charge in [0.05, 0.1) is 11.1 Å². The smallest absolute Gasteiger partial charge is 0.137 e. The van der Waals surface area contributed by atoms with Crippen molar-refractivity contribution in [1.82, 2.24) is 0 Å². The monoisotopic (exact) mass is 259 g/mol. The van der Waals surface area contributed by atoms with Crippen LogP contribution in [0.3, 0.4) is 0 Å². The number of nitrogens with one attached hydrogen (secondary N) is 1. The second-order valence-corrected chi connectivity index (χ2v) is 4.77. The third kappa shape index (κ3) is 1.74. The minimum Gasteiger partial charge on any atom is -0.456 e. The van der Waals surface area contributed by atoms with E-state index in [1.165, 1.54) is 0 Å². The maximum atomic E-state index is 5.89. The van der Waals surface area contributed by atoms with Crippen LogP contribution >= 0.6 is 0 Å². The van der Waals surface area contributed by atoms with Gasteiger partial charge in [0.25, 0.3) is 0 Å². The van der Waals surface area contributed by atoms with E-state index >= 15 is 0 Å². The molecule has 0 amide bonds. The summed E-state index contributed by atoms with van der Waals surface area (Å²) in [6.07, 6.45) is 0. The van der Waals surface area contributed by atoms with Crippen molar-refractivity contribution >= 4 is 33.3 Å². The van der Waals surface area contributed by atoms with E-state index in [1.807, 2.05) is 48.5 Å². The topological polar surface area (TPSA) is 25.2 Å². The van der Waals surface area contributed by atoms with Gasteiger partial charge in [0, 0.05) is 11.1 Å². The Bertz CT molecular complexity index is 878. The van der Waals surface area contributed by atoms with Crippen molar-refractivity contribution in [1.29, 1.82) is 0 Å². The zero-order valence-corrected chi connectivity index (χ0v) is 10.8. The molecule has 4 rings (SSSR count). The zero-order valence-electron chi connectivity index (χ0n) is 10.8. The first-order valence-electron chi connectivity index (χ1n) is 6.64. The number of rotatable bonds is 2. The number of para-hydroxylation sites is 2. The molecule has 3 aromatic carbocycles. The van der Waals surface area contributed by atoms with Crippen molar-refractivity contribution in [3.05, 3.63) is 72.8 Å². The summed E-state index contributed by atoms with van der Waals surface area (Å²) in [4.78, 5) is 0. The summed E-state index contributed by atoms with van der Waals surface area (Å²) in [7, 11) is 0. The average molecular weight is 259 g/mol. The van der Waals surface area contributed by atoms with E-state index in [0.717, 1.165) is 33.3 Å². The summed E-state index contributed by atoms with van der Waals surface area (Å²) in [6.45, 7) is 0. The highest BCUT2D eigenvalue weighted by Crippen LogP contribution is 2.35. The molecule has 0 atom stereocenters. The van der Waals surface area contributed by atoms with Gasteiger partial charge in [-0.2, -0.15) is 0 Å². The summed E-state index contributed by atoms with van der Waals surface area (Å²) in [5.41, 5.74) is 3.97. The molecule has 0 spiro atoms. The van der Waals surface area contributed by atoms with Gasteiger partial charge < -0.3 is 9.73 Å². The number of hydrogen-bond acceptors (Lipinski definition) is 2. The fourth-order valence-corrected chi connectivity index (χ4v) is 2.56. The number of fused-ring (bicyclic) bond motifs is 3. The Morgan fingerprint density at radius 1 is 0.650 bits per heavy atom. The lowest BCUT2D eigenvalue weighted by molar-refractivity contribution is 0.669. The van der Waals surface area contributed by atoms with Gasteiger partial charge in [-0.3, -0.25) is 0 Å². The van der Waals surface area contributed by atoms with Gasteiger partial charge in [-0.25, -0.2) is 0 Å². The Labute approximate surface area is 116 Å². The Kier molecular flexibility index (Phi) is 2.46. The molecule has 0 radical (unpaired) electrons. The van der Waals surface area contributed by atoms with Crippen molar-refractivity contribution in [3.8, 4) is 0 Å². The van der Waals surface area contributed by atoms with Gasteiger partial charge in [0.15, 0.2) is 0 Å². The van der Waals surface area contributed by atoms with Crippen molar-refractivity contribution < 1.29 is 4.42 Å². The van der Waals surface area contributed by atoms with E-state index in [1.54, 1.807) is 0 Å². The first kappa shape index (κ1) is 11.1. The molecule has 0 aliphatic heterocycles. The van der Waals surface area contributed by atoms with Crippen molar-refractivity contribution in [2.75, 3.05) is 5.32 Å². The van der Waals surface area contributed by atoms with Gasteiger partial charge in [0.2, 0.25) is 0 Å². The van der Waals surface area contributed by atoms with Crippen LogP contribution in [-0.4, -0.2) is 0 Å². The molecule has 0 saturated heterocycles. The summed E-state index contributed by atoms with van der Waals surface area (Å²) in [6, 6.07) is 24.4. The lowest BCUT2D eigenvalue weighted by Crippen LogP contribution is -1.89. The van der Waals surface area contributed by atoms with Crippen LogP contribution in [-0.2, 0) is 0 Å². The van der Waals surface area contributed by atoms with Gasteiger partial charge >= 0.3 is 0 Å². The minimum absolute atomic E-state index is 0.909. The largest absolute Gasteiger partial charge is 0.456 e. The van der Waals surface area contributed by atoms with E-state index in [4.69, 9.17) is 4.42 Å². The molecule has 2 heteroatoms. The summed E-state index contributed by atoms with van der Waals surface area (Å²) < 4.78 is 5.89. The van der Waals surface area contributed by atoms with Crippen molar-refractivity contribution in [2.24, 2.45) is 0 Å². The van der Waals surface area contributed by atoms with E-state index in [0.29, 0.717) is 0 Å². The second kappa shape index (κ2) is 4.42. The molecular weight excluding hydrogens is 246 g/mol. The molecule has 20 heavy (non-hydrogen) atoms. The predicted molar refractivity (Wildman–Crippen MR) is 83.4 cm³/mol. The molecule has 0 unspecified atom stereocenters. The number of furan rings is 1. The molecule has 0 bridgehead atoms. The van der Waals surface area contributed by atoms with Gasteiger partial charge in [-0.15, -0.1) is 0 Å². The standard InChI is InChI=1S/C18H13NO/c1-2-7-13(8-3-1)19-15-10-6-12-17-18(15)14-9-4-5-11-16(14)20-17/h1-12,19H. The van der Waals surface area contributed by atoms with Crippen LogP contribution in [0.2, 0.25) is 0 Å². The van der Waals surface area contributed by atoms with E-state index < -0.39 is 0 Å². The van der Waals surface area contributed by atoms with E-state index in [9.17, 15) is 0 Å². The summed E-state index contributed by atoms with van der Waals surface area (Å²) in [5.74, 6) is 0. The Hall–Kier alpha value is -2.74. The third-order valence-electron chi connectivity index (χ3n) is 3.46. The number of benzene rings is 3. The van der Waals surface area contributed by atoms with E-state index in [2.05, 4.69) is 29.6 Å². The lowest BCUT2D eigenvalue weighted by Gasteiger charge is -2.07. The van der Waals surface area contributed by atoms with Crippen LogP contribution < -0.4 is 5.32 Å². The molecule has 1 N–H and O–H groups in total. The SMILES string of the molecule is c1ccc(Nc2cccc3oc4ccccc4c23)cc1. The highest BCUT2D eigenvalue weighted by atomic mass is 16.3. The molecule has 0 aliphatic carbocycles. The quantitative estimate of drug-likeness (QED) is 0.526. The third-order valence-corrected chi connectivity index (χ3v) is 3.46. The maximum absolute atomic E-state index is 5.89. The molecule has 0 aliphatic rings.